The average molecular weight is 515 g/mol. The van der Waals surface area contributed by atoms with Gasteiger partial charge in [0, 0.05) is 21.6 Å². The number of nitrogens with zero attached hydrogens (tertiary/aromatic N) is 3. The molecular formula is C25H24F2N4O2S2. The fourth-order valence-electron chi connectivity index (χ4n) is 3.27. The maximum Gasteiger partial charge on any atom is 0.280 e. The lowest BCUT2D eigenvalue weighted by atomic mass is 10.1. The zero-order valence-electron chi connectivity index (χ0n) is 19.5. The molecule has 0 bridgehead atoms. The number of nitrogens with one attached hydrogen (secondary N) is 1. The van der Waals surface area contributed by atoms with E-state index in [2.05, 4.69) is 22.4 Å². The van der Waals surface area contributed by atoms with Gasteiger partial charge in [0.2, 0.25) is 0 Å². The van der Waals surface area contributed by atoms with Gasteiger partial charge in [-0.15, -0.1) is 23.1 Å². The number of halogens is 2. The number of hydrazone groups is 1. The van der Waals surface area contributed by atoms with Crippen molar-refractivity contribution < 1.29 is 18.3 Å². The highest BCUT2D eigenvalue weighted by molar-refractivity contribution is 7.98. The number of pyridine rings is 1. The Hall–Kier alpha value is -3.29. The van der Waals surface area contributed by atoms with Crippen LogP contribution >= 0.6 is 23.1 Å². The number of benzene rings is 1. The molecule has 0 aliphatic carbocycles. The first-order valence-corrected chi connectivity index (χ1v) is 12.6. The number of ether oxygens (including phenoxy) is 1. The predicted octanol–water partition coefficient (Wildman–Crippen LogP) is 6.28. The van der Waals surface area contributed by atoms with E-state index in [-0.39, 0.29) is 22.2 Å². The molecule has 1 amide bonds. The smallest absolute Gasteiger partial charge is 0.280 e. The summed E-state index contributed by atoms with van der Waals surface area (Å²) in [4.78, 5) is 17.5. The molecule has 0 aliphatic rings. The molecule has 0 atom stereocenters. The first kappa shape index (κ1) is 26.3. The van der Waals surface area contributed by atoms with Crippen LogP contribution < -0.4 is 10.2 Å². The SMILES string of the molecule is CCCc1cc(C(=O)N/N=C/c2ccc(OC)c(CSc3nc(C(F)F)cc(C)c3C#N)c2)cs1. The number of thioether (sulfide) groups is 1. The van der Waals surface area contributed by atoms with E-state index in [0.717, 1.165) is 23.3 Å². The van der Waals surface area contributed by atoms with Crippen LogP contribution in [-0.2, 0) is 12.2 Å². The number of alkyl halides is 2. The van der Waals surface area contributed by atoms with Gasteiger partial charge in [0.25, 0.3) is 12.3 Å². The van der Waals surface area contributed by atoms with Gasteiger partial charge in [-0.2, -0.15) is 10.4 Å². The molecule has 3 aromatic rings. The number of carbonyl (C=O) groups excluding carboxylic acids is 1. The molecule has 0 unspecified atom stereocenters. The van der Waals surface area contributed by atoms with Crippen molar-refractivity contribution in [3.63, 3.8) is 0 Å². The molecule has 0 aliphatic heterocycles. The summed E-state index contributed by atoms with van der Waals surface area (Å²) >= 11 is 2.73. The highest BCUT2D eigenvalue weighted by Crippen LogP contribution is 2.32. The van der Waals surface area contributed by atoms with E-state index in [1.54, 1.807) is 30.4 Å². The Morgan fingerprint density at radius 3 is 2.86 bits per heavy atom. The molecule has 0 saturated heterocycles. The number of hydrogen-bond donors (Lipinski definition) is 1. The summed E-state index contributed by atoms with van der Waals surface area (Å²) in [5.74, 6) is 0.648. The minimum Gasteiger partial charge on any atom is -0.496 e. The summed E-state index contributed by atoms with van der Waals surface area (Å²) in [6.07, 6.45) is 0.747. The third kappa shape index (κ3) is 6.87. The predicted molar refractivity (Wildman–Crippen MR) is 135 cm³/mol. The molecule has 1 aromatic carbocycles. The molecule has 0 fully saturated rings. The number of thiophene rings is 1. The quantitative estimate of drug-likeness (QED) is 0.196. The van der Waals surface area contributed by atoms with Crippen molar-refractivity contribution in [2.45, 2.75) is 43.9 Å². The van der Waals surface area contributed by atoms with Crippen molar-refractivity contribution in [2.24, 2.45) is 5.10 Å². The van der Waals surface area contributed by atoms with Crippen molar-refractivity contribution in [2.75, 3.05) is 7.11 Å². The van der Waals surface area contributed by atoms with Crippen molar-refractivity contribution >= 4 is 35.2 Å². The Bertz CT molecular complexity index is 1270. The van der Waals surface area contributed by atoms with Gasteiger partial charge in [-0.25, -0.2) is 19.2 Å². The first-order valence-electron chi connectivity index (χ1n) is 10.8. The third-order valence-corrected chi connectivity index (χ3v) is 7.02. The second-order valence-corrected chi connectivity index (χ2v) is 9.53. The minimum atomic E-state index is -2.72. The number of nitriles is 1. The fourth-order valence-corrected chi connectivity index (χ4v) is 5.27. The summed E-state index contributed by atoms with van der Waals surface area (Å²) in [5, 5.41) is 15.6. The Morgan fingerprint density at radius 1 is 1.37 bits per heavy atom. The van der Waals surface area contributed by atoms with Crippen molar-refractivity contribution in [3.05, 3.63) is 74.1 Å². The fraction of sp³-hybridized carbons (Fsp3) is 0.280. The van der Waals surface area contributed by atoms with Crippen LogP contribution in [-0.4, -0.2) is 24.2 Å². The van der Waals surface area contributed by atoms with Crippen LogP contribution in [0.3, 0.4) is 0 Å². The molecule has 0 radical (unpaired) electrons. The van der Waals surface area contributed by atoms with Crippen LogP contribution in [0.4, 0.5) is 8.78 Å². The Kier molecular flexibility index (Phi) is 9.34. The van der Waals surface area contributed by atoms with Crippen LogP contribution in [0.25, 0.3) is 0 Å². The van der Waals surface area contributed by atoms with Gasteiger partial charge in [-0.3, -0.25) is 4.79 Å². The molecule has 2 aromatic heterocycles. The largest absolute Gasteiger partial charge is 0.496 e. The maximum absolute atomic E-state index is 13.2. The molecule has 0 saturated carbocycles. The normalized spacial score (nSPS) is 11.1. The molecule has 2 heterocycles. The second-order valence-electron chi connectivity index (χ2n) is 7.57. The van der Waals surface area contributed by atoms with E-state index in [1.165, 1.54) is 31.2 Å². The first-order chi connectivity index (χ1) is 16.9. The molecule has 6 nitrogen and oxygen atoms in total. The summed E-state index contributed by atoms with van der Waals surface area (Å²) in [5.41, 5.74) is 4.95. The number of rotatable bonds is 10. The van der Waals surface area contributed by atoms with Crippen molar-refractivity contribution in [1.82, 2.24) is 10.4 Å². The summed E-state index contributed by atoms with van der Waals surface area (Å²) in [7, 11) is 1.53. The maximum atomic E-state index is 13.2. The van der Waals surface area contributed by atoms with Crippen molar-refractivity contribution in [1.29, 1.82) is 5.26 Å². The lowest BCUT2D eigenvalue weighted by Crippen LogP contribution is -2.16. The summed E-state index contributed by atoms with van der Waals surface area (Å²) < 4.78 is 31.8. The highest BCUT2D eigenvalue weighted by atomic mass is 32.2. The topological polar surface area (TPSA) is 87.4 Å². The summed E-state index contributed by atoms with van der Waals surface area (Å²) in [6.45, 7) is 3.70. The van der Waals surface area contributed by atoms with Crippen LogP contribution in [0.1, 0.15) is 63.0 Å². The van der Waals surface area contributed by atoms with Crippen LogP contribution in [0.15, 0.2) is 45.8 Å². The van der Waals surface area contributed by atoms with Gasteiger partial charge >= 0.3 is 0 Å². The van der Waals surface area contributed by atoms with Crippen molar-refractivity contribution in [3.8, 4) is 11.8 Å². The van der Waals surface area contributed by atoms with E-state index in [9.17, 15) is 18.8 Å². The number of methoxy groups -OCH3 is 1. The van der Waals surface area contributed by atoms with Gasteiger partial charge < -0.3 is 4.74 Å². The van der Waals surface area contributed by atoms with Crippen LogP contribution in [0, 0.1) is 18.3 Å². The number of carbonyl (C=O) groups is 1. The minimum absolute atomic E-state index is 0.245. The number of aryl methyl sites for hydroxylation is 2. The number of hydrogen-bond acceptors (Lipinski definition) is 7. The summed E-state index contributed by atoms with van der Waals surface area (Å²) in [6, 6.07) is 10.5. The molecule has 3 rings (SSSR count). The highest BCUT2D eigenvalue weighted by Gasteiger charge is 2.17. The van der Waals surface area contributed by atoms with E-state index in [0.29, 0.717) is 28.2 Å². The van der Waals surface area contributed by atoms with Gasteiger partial charge in [0.15, 0.2) is 0 Å². The van der Waals surface area contributed by atoms with Gasteiger partial charge in [0.1, 0.15) is 22.5 Å². The Labute approximate surface area is 211 Å². The number of aromatic nitrogens is 1. The Morgan fingerprint density at radius 2 is 2.17 bits per heavy atom. The van der Waals surface area contributed by atoms with E-state index >= 15 is 0 Å². The van der Waals surface area contributed by atoms with Crippen LogP contribution in [0.2, 0.25) is 0 Å². The van der Waals surface area contributed by atoms with Gasteiger partial charge in [0.05, 0.1) is 24.5 Å². The zero-order valence-corrected chi connectivity index (χ0v) is 21.1. The second kappa shape index (κ2) is 12.4. The van der Waals surface area contributed by atoms with Gasteiger partial charge in [-0.1, -0.05) is 13.3 Å². The van der Waals surface area contributed by atoms with Crippen LogP contribution in [0.5, 0.6) is 5.75 Å². The molecular weight excluding hydrogens is 490 g/mol. The zero-order chi connectivity index (χ0) is 25.4. The molecule has 1 N–H and O–H groups in total. The van der Waals surface area contributed by atoms with E-state index in [4.69, 9.17) is 4.74 Å². The van der Waals surface area contributed by atoms with E-state index in [1.807, 2.05) is 23.6 Å². The van der Waals surface area contributed by atoms with E-state index < -0.39 is 6.43 Å². The van der Waals surface area contributed by atoms with Gasteiger partial charge in [-0.05, 0) is 54.8 Å². The average Bonchev–Trinajstić information content (AvgIpc) is 3.31. The number of amides is 1. The molecule has 35 heavy (non-hydrogen) atoms. The third-order valence-electron chi connectivity index (χ3n) is 5.00. The molecule has 0 spiro atoms. The monoisotopic (exact) mass is 514 g/mol. The Balaban J connectivity index is 1.73. The molecule has 10 heteroatoms. The standard InChI is InChI=1S/C25H24F2N4O2S2/c1-4-5-19-10-18(14-34-19)24(32)31-29-12-16-6-7-22(33-3)17(9-16)13-35-25-20(11-28)15(2)8-21(30-25)23(26)27/h6-10,12,14,23H,4-5,13H2,1-3H3,(H,31,32)/b29-12+. The lowest BCUT2D eigenvalue weighted by molar-refractivity contribution is 0.0955. The lowest BCUT2D eigenvalue weighted by Gasteiger charge is -2.11. The molecule has 182 valence electrons.